The number of carbonyl (C=O) groups is 1. The zero-order valence-electron chi connectivity index (χ0n) is 10.1. The molecule has 19 heavy (non-hydrogen) atoms. The molecule has 1 amide bonds. The first kappa shape index (κ1) is 13.7. The summed E-state index contributed by atoms with van der Waals surface area (Å²) < 4.78 is 5.09. The summed E-state index contributed by atoms with van der Waals surface area (Å²) in [5.74, 6) is 0.343. The first-order valence-corrected chi connectivity index (χ1v) is 6.27. The van der Waals surface area contributed by atoms with Crippen molar-refractivity contribution < 1.29 is 9.53 Å². The Kier molecular flexibility index (Phi) is 4.30. The predicted molar refractivity (Wildman–Crippen MR) is 77.4 cm³/mol. The lowest BCUT2D eigenvalue weighted by atomic mass is 10.2. The molecule has 1 N–H and O–H groups in total. The van der Waals surface area contributed by atoms with Gasteiger partial charge in [-0.15, -0.1) is 0 Å². The SMILES string of the molecule is COc1cccc(NC(=O)c2cccc(Cl)c2Cl)c1. The maximum atomic E-state index is 12.1. The molecule has 0 spiro atoms. The van der Waals surface area contributed by atoms with Gasteiger partial charge in [0.15, 0.2) is 0 Å². The molecule has 0 atom stereocenters. The highest BCUT2D eigenvalue weighted by atomic mass is 35.5. The number of benzene rings is 2. The summed E-state index contributed by atoms with van der Waals surface area (Å²) in [6.45, 7) is 0. The van der Waals surface area contributed by atoms with Crippen LogP contribution in [0.2, 0.25) is 10.0 Å². The van der Waals surface area contributed by atoms with E-state index in [0.29, 0.717) is 22.0 Å². The van der Waals surface area contributed by atoms with Crippen molar-refractivity contribution in [3.63, 3.8) is 0 Å². The van der Waals surface area contributed by atoms with Gasteiger partial charge in [0.2, 0.25) is 0 Å². The van der Waals surface area contributed by atoms with Crippen LogP contribution in [0.5, 0.6) is 5.75 Å². The Labute approximate surface area is 121 Å². The van der Waals surface area contributed by atoms with Crippen LogP contribution in [-0.2, 0) is 0 Å². The number of nitrogens with one attached hydrogen (secondary N) is 1. The second-order valence-corrected chi connectivity index (χ2v) is 4.57. The fourth-order valence-electron chi connectivity index (χ4n) is 1.58. The maximum Gasteiger partial charge on any atom is 0.257 e. The van der Waals surface area contributed by atoms with Crippen molar-refractivity contribution in [2.75, 3.05) is 12.4 Å². The predicted octanol–water partition coefficient (Wildman–Crippen LogP) is 4.25. The third kappa shape index (κ3) is 3.19. The molecular weight excluding hydrogens is 285 g/mol. The molecule has 0 unspecified atom stereocenters. The highest BCUT2D eigenvalue weighted by Crippen LogP contribution is 2.26. The third-order valence-electron chi connectivity index (χ3n) is 2.52. The van der Waals surface area contributed by atoms with Crippen LogP contribution in [-0.4, -0.2) is 13.0 Å². The Morgan fingerprint density at radius 1 is 1.16 bits per heavy atom. The lowest BCUT2D eigenvalue weighted by molar-refractivity contribution is 0.102. The molecule has 0 aromatic heterocycles. The molecule has 3 nitrogen and oxygen atoms in total. The monoisotopic (exact) mass is 295 g/mol. The minimum absolute atomic E-state index is 0.240. The van der Waals surface area contributed by atoms with E-state index in [1.165, 1.54) is 0 Å². The first-order chi connectivity index (χ1) is 9.11. The molecule has 0 aliphatic heterocycles. The van der Waals surface area contributed by atoms with Crippen molar-refractivity contribution in [1.82, 2.24) is 0 Å². The molecule has 0 heterocycles. The van der Waals surface area contributed by atoms with E-state index in [1.807, 2.05) is 0 Å². The highest BCUT2D eigenvalue weighted by Gasteiger charge is 2.12. The quantitative estimate of drug-likeness (QED) is 0.919. The fraction of sp³-hybridized carbons (Fsp3) is 0.0714. The molecule has 2 aromatic carbocycles. The van der Waals surface area contributed by atoms with Gasteiger partial charge in [-0.2, -0.15) is 0 Å². The van der Waals surface area contributed by atoms with Crippen LogP contribution < -0.4 is 10.1 Å². The van der Waals surface area contributed by atoms with Crippen molar-refractivity contribution >= 4 is 34.8 Å². The van der Waals surface area contributed by atoms with E-state index in [4.69, 9.17) is 27.9 Å². The molecule has 2 aromatic rings. The minimum Gasteiger partial charge on any atom is -0.497 e. The van der Waals surface area contributed by atoms with Crippen molar-refractivity contribution in [3.8, 4) is 5.75 Å². The average molecular weight is 296 g/mol. The second kappa shape index (κ2) is 5.95. The smallest absolute Gasteiger partial charge is 0.257 e. The molecule has 0 bridgehead atoms. The molecule has 98 valence electrons. The molecule has 2 rings (SSSR count). The standard InChI is InChI=1S/C14H11Cl2NO2/c1-19-10-5-2-4-9(8-10)17-14(18)11-6-3-7-12(15)13(11)16/h2-8H,1H3,(H,17,18). The summed E-state index contributed by atoms with van der Waals surface area (Å²) in [6.07, 6.45) is 0. The van der Waals surface area contributed by atoms with E-state index in [-0.39, 0.29) is 10.9 Å². The van der Waals surface area contributed by atoms with Gasteiger partial charge in [-0.3, -0.25) is 4.79 Å². The number of halogens is 2. The number of amides is 1. The van der Waals surface area contributed by atoms with E-state index in [1.54, 1.807) is 49.6 Å². The first-order valence-electron chi connectivity index (χ1n) is 5.51. The van der Waals surface area contributed by atoms with Gasteiger partial charge < -0.3 is 10.1 Å². The third-order valence-corrected chi connectivity index (χ3v) is 3.34. The Hall–Kier alpha value is -1.71. The Morgan fingerprint density at radius 3 is 2.63 bits per heavy atom. The van der Waals surface area contributed by atoms with Gasteiger partial charge in [0.25, 0.3) is 5.91 Å². The van der Waals surface area contributed by atoms with E-state index >= 15 is 0 Å². The molecule has 0 saturated heterocycles. The number of ether oxygens (including phenoxy) is 1. The zero-order valence-corrected chi connectivity index (χ0v) is 11.6. The normalized spacial score (nSPS) is 10.1. The van der Waals surface area contributed by atoms with Gasteiger partial charge >= 0.3 is 0 Å². The van der Waals surface area contributed by atoms with E-state index < -0.39 is 0 Å². The van der Waals surface area contributed by atoms with Crippen LogP contribution in [0.1, 0.15) is 10.4 Å². The van der Waals surface area contributed by atoms with Gasteiger partial charge in [-0.25, -0.2) is 0 Å². The molecule has 0 aliphatic rings. The largest absolute Gasteiger partial charge is 0.497 e. The Morgan fingerprint density at radius 2 is 1.89 bits per heavy atom. The van der Waals surface area contributed by atoms with Crippen molar-refractivity contribution in [2.24, 2.45) is 0 Å². The van der Waals surface area contributed by atoms with E-state index in [0.717, 1.165) is 0 Å². The van der Waals surface area contributed by atoms with Crippen LogP contribution in [0.15, 0.2) is 42.5 Å². The van der Waals surface area contributed by atoms with Crippen LogP contribution in [0.4, 0.5) is 5.69 Å². The van der Waals surface area contributed by atoms with E-state index in [9.17, 15) is 4.79 Å². The number of rotatable bonds is 3. The minimum atomic E-state index is -0.319. The van der Waals surface area contributed by atoms with Crippen molar-refractivity contribution in [2.45, 2.75) is 0 Å². The van der Waals surface area contributed by atoms with Crippen molar-refractivity contribution in [1.29, 1.82) is 0 Å². The summed E-state index contributed by atoms with van der Waals surface area (Å²) >= 11 is 11.9. The number of hydrogen-bond acceptors (Lipinski definition) is 2. The van der Waals surface area contributed by atoms with Gasteiger partial charge in [0.1, 0.15) is 5.75 Å². The summed E-state index contributed by atoms with van der Waals surface area (Å²) in [5.41, 5.74) is 0.956. The molecule has 0 saturated carbocycles. The molecule has 5 heteroatoms. The van der Waals surface area contributed by atoms with Gasteiger partial charge in [-0.05, 0) is 24.3 Å². The topological polar surface area (TPSA) is 38.3 Å². The number of methoxy groups -OCH3 is 1. The second-order valence-electron chi connectivity index (χ2n) is 3.79. The number of carbonyl (C=O) groups excluding carboxylic acids is 1. The number of anilines is 1. The zero-order chi connectivity index (χ0) is 13.8. The van der Waals surface area contributed by atoms with Gasteiger partial charge in [0.05, 0.1) is 22.7 Å². The highest BCUT2D eigenvalue weighted by molar-refractivity contribution is 6.44. The molecular formula is C14H11Cl2NO2. The lowest BCUT2D eigenvalue weighted by Crippen LogP contribution is -2.12. The summed E-state index contributed by atoms with van der Waals surface area (Å²) in [6, 6.07) is 12.0. The lowest BCUT2D eigenvalue weighted by Gasteiger charge is -2.08. The Balaban J connectivity index is 2.23. The molecule has 0 radical (unpaired) electrons. The molecule has 0 fully saturated rings. The van der Waals surface area contributed by atoms with Crippen LogP contribution in [0.25, 0.3) is 0 Å². The van der Waals surface area contributed by atoms with Gasteiger partial charge in [-0.1, -0.05) is 35.3 Å². The molecule has 0 aliphatic carbocycles. The van der Waals surface area contributed by atoms with Crippen LogP contribution >= 0.6 is 23.2 Å². The van der Waals surface area contributed by atoms with Crippen LogP contribution in [0.3, 0.4) is 0 Å². The summed E-state index contributed by atoms with van der Waals surface area (Å²) in [5, 5.41) is 3.33. The summed E-state index contributed by atoms with van der Waals surface area (Å²) in [4.78, 5) is 12.1. The summed E-state index contributed by atoms with van der Waals surface area (Å²) in [7, 11) is 1.56. The number of hydrogen-bond donors (Lipinski definition) is 1. The fourth-order valence-corrected chi connectivity index (χ4v) is 1.96. The average Bonchev–Trinajstić information content (AvgIpc) is 2.42. The van der Waals surface area contributed by atoms with Crippen LogP contribution in [0, 0.1) is 0 Å². The van der Waals surface area contributed by atoms with E-state index in [2.05, 4.69) is 5.32 Å². The van der Waals surface area contributed by atoms with Crippen molar-refractivity contribution in [3.05, 3.63) is 58.1 Å². The Bertz CT molecular complexity index is 614. The van der Waals surface area contributed by atoms with Gasteiger partial charge in [0, 0.05) is 11.8 Å². The maximum absolute atomic E-state index is 12.1.